The highest BCUT2D eigenvalue weighted by Gasteiger charge is 2.05. The Hall–Kier alpha value is -2.01. The third-order valence-electron chi connectivity index (χ3n) is 2.40. The lowest BCUT2D eigenvalue weighted by Crippen LogP contribution is -1.90. The molecule has 17 heavy (non-hydrogen) atoms. The highest BCUT2D eigenvalue weighted by atomic mass is 35.5. The van der Waals surface area contributed by atoms with Gasteiger partial charge in [0.05, 0.1) is 11.9 Å². The highest BCUT2D eigenvalue weighted by molar-refractivity contribution is 6.29. The van der Waals surface area contributed by atoms with E-state index in [-0.39, 0.29) is 0 Å². The third-order valence-corrected chi connectivity index (χ3v) is 2.60. The van der Waals surface area contributed by atoms with Gasteiger partial charge in [0.2, 0.25) is 5.95 Å². The summed E-state index contributed by atoms with van der Waals surface area (Å²) < 4.78 is 14.6. The van der Waals surface area contributed by atoms with Crippen molar-refractivity contribution in [3.05, 3.63) is 48.0 Å². The van der Waals surface area contributed by atoms with Crippen molar-refractivity contribution in [2.45, 2.75) is 0 Å². The average Bonchev–Trinajstić information content (AvgIpc) is 2.71. The number of imidazole rings is 1. The van der Waals surface area contributed by atoms with Crippen LogP contribution in [0.15, 0.2) is 36.9 Å². The molecule has 84 valence electrons. The maximum absolute atomic E-state index is 13.2. The zero-order valence-electron chi connectivity index (χ0n) is 8.51. The van der Waals surface area contributed by atoms with Gasteiger partial charge in [0.1, 0.15) is 17.1 Å². The van der Waals surface area contributed by atoms with Crippen LogP contribution in [0.5, 0.6) is 0 Å². The quantitative estimate of drug-likeness (QED) is 0.622. The topological polar surface area (TPSA) is 43.1 Å². The molecule has 0 radical (unpaired) electrons. The van der Waals surface area contributed by atoms with Crippen LogP contribution >= 0.6 is 11.6 Å². The number of hydrogen-bond acceptors (Lipinski definition) is 3. The van der Waals surface area contributed by atoms with Crippen LogP contribution in [0.3, 0.4) is 0 Å². The van der Waals surface area contributed by atoms with Gasteiger partial charge < -0.3 is 0 Å². The molecule has 4 nitrogen and oxygen atoms in total. The minimum Gasteiger partial charge on any atom is -0.276 e. The van der Waals surface area contributed by atoms with E-state index in [9.17, 15) is 4.39 Å². The summed E-state index contributed by atoms with van der Waals surface area (Å²) in [4.78, 5) is 11.8. The van der Waals surface area contributed by atoms with Crippen LogP contribution in [0.1, 0.15) is 0 Å². The Bertz CT molecular complexity index is 695. The van der Waals surface area contributed by atoms with Gasteiger partial charge in [0, 0.05) is 17.8 Å². The Morgan fingerprint density at radius 1 is 1.18 bits per heavy atom. The summed E-state index contributed by atoms with van der Waals surface area (Å²) in [5.41, 5.74) is 2.01. The zero-order chi connectivity index (χ0) is 11.8. The molecule has 0 bridgehead atoms. The van der Waals surface area contributed by atoms with Gasteiger partial charge in [-0.2, -0.15) is 4.39 Å². The summed E-state index contributed by atoms with van der Waals surface area (Å²) in [6.07, 6.45) is 4.16. The molecule has 0 saturated heterocycles. The Balaban J connectivity index is 2.18. The predicted molar refractivity (Wildman–Crippen MR) is 61.2 cm³/mol. The number of aromatic nitrogens is 4. The zero-order valence-corrected chi connectivity index (χ0v) is 9.26. The fraction of sp³-hybridized carbons (Fsp3) is 0. The molecule has 6 heteroatoms. The first-order chi connectivity index (χ1) is 8.24. The van der Waals surface area contributed by atoms with Crippen LogP contribution < -0.4 is 0 Å². The number of nitrogens with zero attached hydrogens (tertiary/aromatic N) is 4. The summed E-state index contributed by atoms with van der Waals surface area (Å²) in [5.74, 6) is -0.396. The molecule has 0 aliphatic carbocycles. The molecule has 0 unspecified atom stereocenters. The molecule has 0 aliphatic heterocycles. The van der Waals surface area contributed by atoms with Gasteiger partial charge in [-0.15, -0.1) is 0 Å². The first-order valence-corrected chi connectivity index (χ1v) is 5.22. The van der Waals surface area contributed by atoms with E-state index in [2.05, 4.69) is 15.0 Å². The molecule has 0 atom stereocenters. The van der Waals surface area contributed by atoms with Crippen LogP contribution in [0.25, 0.3) is 16.9 Å². The third kappa shape index (κ3) is 1.74. The molecule has 3 aromatic heterocycles. The average molecular weight is 249 g/mol. The van der Waals surface area contributed by atoms with Gasteiger partial charge in [-0.05, 0) is 12.1 Å². The molecule has 3 rings (SSSR count). The summed E-state index contributed by atoms with van der Waals surface area (Å²) in [5, 5.41) is 0.365. The maximum Gasteiger partial charge on any atom is 0.217 e. The standard InChI is InChI=1S/C11H6ClFN4/c12-9-4-8(15-6-16-9)7-1-2-17-10(13)5-14-11(17)3-7/h1-6H. The van der Waals surface area contributed by atoms with Gasteiger partial charge in [-0.25, -0.2) is 15.0 Å². The fourth-order valence-electron chi connectivity index (χ4n) is 1.60. The molecule has 0 spiro atoms. The largest absolute Gasteiger partial charge is 0.276 e. The van der Waals surface area contributed by atoms with Gasteiger partial charge >= 0.3 is 0 Å². The Morgan fingerprint density at radius 3 is 2.88 bits per heavy atom. The lowest BCUT2D eigenvalue weighted by molar-refractivity contribution is 0.573. The summed E-state index contributed by atoms with van der Waals surface area (Å²) in [6, 6.07) is 5.13. The second-order valence-corrected chi connectivity index (χ2v) is 3.84. The van der Waals surface area contributed by atoms with Crippen LogP contribution in [0.2, 0.25) is 5.15 Å². The number of halogens is 2. The molecule has 0 aliphatic rings. The second kappa shape index (κ2) is 3.78. The first-order valence-electron chi connectivity index (χ1n) is 4.84. The molecular formula is C11H6ClFN4. The Labute approximate surface area is 101 Å². The van der Waals surface area contributed by atoms with E-state index >= 15 is 0 Å². The molecule has 0 aromatic carbocycles. The summed E-state index contributed by atoms with van der Waals surface area (Å²) in [6.45, 7) is 0. The minimum atomic E-state index is -0.396. The fourth-order valence-corrected chi connectivity index (χ4v) is 1.75. The van der Waals surface area contributed by atoms with Crippen LogP contribution in [-0.4, -0.2) is 19.4 Å². The van der Waals surface area contributed by atoms with E-state index in [4.69, 9.17) is 11.6 Å². The number of rotatable bonds is 1. The van der Waals surface area contributed by atoms with Crippen molar-refractivity contribution in [2.75, 3.05) is 0 Å². The second-order valence-electron chi connectivity index (χ2n) is 3.45. The SMILES string of the molecule is Fc1cnc2cc(-c3cc(Cl)ncn3)ccn12. The molecule has 0 amide bonds. The van der Waals surface area contributed by atoms with Crippen molar-refractivity contribution in [1.82, 2.24) is 19.4 Å². The van der Waals surface area contributed by atoms with Crippen molar-refractivity contribution in [3.8, 4) is 11.3 Å². The van der Waals surface area contributed by atoms with Gasteiger partial charge in [0.25, 0.3) is 0 Å². The van der Waals surface area contributed by atoms with Crippen LogP contribution in [-0.2, 0) is 0 Å². The van der Waals surface area contributed by atoms with Crippen LogP contribution in [0.4, 0.5) is 4.39 Å². The van der Waals surface area contributed by atoms with E-state index in [0.29, 0.717) is 16.5 Å². The number of pyridine rings is 1. The van der Waals surface area contributed by atoms with E-state index in [1.807, 2.05) is 0 Å². The molecule has 0 N–H and O–H groups in total. The number of hydrogen-bond donors (Lipinski definition) is 0. The monoisotopic (exact) mass is 248 g/mol. The molecular weight excluding hydrogens is 243 g/mol. The van der Waals surface area contributed by atoms with Gasteiger partial charge in [-0.1, -0.05) is 11.6 Å². The lowest BCUT2D eigenvalue weighted by atomic mass is 10.2. The van der Waals surface area contributed by atoms with Gasteiger partial charge in [-0.3, -0.25) is 4.40 Å². The highest BCUT2D eigenvalue weighted by Crippen LogP contribution is 2.20. The van der Waals surface area contributed by atoms with Crippen LogP contribution in [0, 0.1) is 5.95 Å². The van der Waals surface area contributed by atoms with E-state index in [0.717, 1.165) is 5.56 Å². The van der Waals surface area contributed by atoms with Crippen molar-refractivity contribution in [1.29, 1.82) is 0 Å². The minimum absolute atomic E-state index is 0.365. The number of fused-ring (bicyclic) bond motifs is 1. The van der Waals surface area contributed by atoms with Crippen molar-refractivity contribution >= 4 is 17.2 Å². The summed E-state index contributed by atoms with van der Waals surface area (Å²) in [7, 11) is 0. The summed E-state index contributed by atoms with van der Waals surface area (Å²) >= 11 is 5.79. The normalized spacial score (nSPS) is 10.9. The molecule has 3 heterocycles. The van der Waals surface area contributed by atoms with Gasteiger partial charge in [0.15, 0.2) is 0 Å². The van der Waals surface area contributed by atoms with Crippen molar-refractivity contribution in [3.63, 3.8) is 0 Å². The van der Waals surface area contributed by atoms with Crippen molar-refractivity contribution in [2.24, 2.45) is 0 Å². The van der Waals surface area contributed by atoms with Crippen molar-refractivity contribution < 1.29 is 4.39 Å². The predicted octanol–water partition coefficient (Wildman–Crippen LogP) is 2.58. The molecule has 0 fully saturated rings. The molecule has 3 aromatic rings. The molecule has 0 saturated carbocycles. The smallest absolute Gasteiger partial charge is 0.217 e. The maximum atomic E-state index is 13.2. The first kappa shape index (κ1) is 10.2. The Morgan fingerprint density at radius 2 is 2.06 bits per heavy atom. The van der Waals surface area contributed by atoms with E-state index in [1.165, 1.54) is 16.9 Å². The lowest BCUT2D eigenvalue weighted by Gasteiger charge is -2.01. The van der Waals surface area contributed by atoms with E-state index in [1.54, 1.807) is 24.4 Å². The Kier molecular flexibility index (Phi) is 2.26. The van der Waals surface area contributed by atoms with E-state index < -0.39 is 5.95 Å².